The number of pyridine rings is 2. The number of amides is 1. The van der Waals surface area contributed by atoms with Gasteiger partial charge in [0.05, 0.1) is 24.8 Å². The van der Waals surface area contributed by atoms with Crippen LogP contribution in [0.4, 0.5) is 0 Å². The quantitative estimate of drug-likeness (QED) is 0.634. The van der Waals surface area contributed by atoms with Crippen molar-refractivity contribution in [3.8, 4) is 5.75 Å². The summed E-state index contributed by atoms with van der Waals surface area (Å²) in [6.45, 7) is 6.17. The summed E-state index contributed by atoms with van der Waals surface area (Å²) in [5.74, 6) is 0.724. The number of hydrogen-bond acceptors (Lipinski definition) is 5. The second kappa shape index (κ2) is 8.93. The highest BCUT2D eigenvalue weighted by Crippen LogP contribution is 2.27. The summed E-state index contributed by atoms with van der Waals surface area (Å²) in [6.07, 6.45) is 3.76. The number of rotatable bonds is 6. The molecule has 0 aliphatic carbocycles. The number of carbonyl (C=O) groups excluding carboxylic acids is 1. The molecule has 0 radical (unpaired) electrons. The van der Waals surface area contributed by atoms with Crippen molar-refractivity contribution in [2.24, 2.45) is 5.92 Å². The molecule has 3 aromatic rings. The summed E-state index contributed by atoms with van der Waals surface area (Å²) in [7, 11) is 1.51. The Morgan fingerprint density at radius 2 is 2.13 bits per heavy atom. The van der Waals surface area contributed by atoms with E-state index >= 15 is 0 Å². The molecule has 164 valence electrons. The molecule has 0 bridgehead atoms. The van der Waals surface area contributed by atoms with Gasteiger partial charge in [-0.3, -0.25) is 9.59 Å². The van der Waals surface area contributed by atoms with Crippen LogP contribution in [0.25, 0.3) is 11.0 Å². The average molecular weight is 425 g/mol. The molecule has 1 aliphatic heterocycles. The van der Waals surface area contributed by atoms with E-state index in [4.69, 9.17) is 9.47 Å². The predicted molar refractivity (Wildman–Crippen MR) is 118 cm³/mol. The summed E-state index contributed by atoms with van der Waals surface area (Å²) >= 11 is 0. The van der Waals surface area contributed by atoms with Crippen LogP contribution in [0.3, 0.4) is 0 Å². The molecule has 1 saturated heterocycles. The Hall–Kier alpha value is -3.13. The van der Waals surface area contributed by atoms with Crippen LogP contribution in [0.1, 0.15) is 40.2 Å². The number of aromatic nitrogens is 3. The van der Waals surface area contributed by atoms with Crippen LogP contribution >= 0.6 is 0 Å². The molecule has 1 amide bonds. The monoisotopic (exact) mass is 424 g/mol. The minimum atomic E-state index is -0.266. The molecule has 0 aromatic carbocycles. The second-order valence-corrected chi connectivity index (χ2v) is 8.01. The average Bonchev–Trinajstić information content (AvgIpc) is 3.04. The van der Waals surface area contributed by atoms with E-state index in [-0.39, 0.29) is 18.0 Å². The summed E-state index contributed by atoms with van der Waals surface area (Å²) in [6, 6.07) is 5.51. The zero-order chi connectivity index (χ0) is 22.0. The first-order chi connectivity index (χ1) is 15.0. The highest BCUT2D eigenvalue weighted by molar-refractivity contribution is 6.07. The number of nitrogens with one attached hydrogen (secondary N) is 2. The molecule has 4 heterocycles. The van der Waals surface area contributed by atoms with E-state index < -0.39 is 0 Å². The maximum atomic E-state index is 13.2. The van der Waals surface area contributed by atoms with E-state index in [9.17, 15) is 9.59 Å². The molecule has 8 nitrogen and oxygen atoms in total. The first kappa shape index (κ1) is 21.1. The van der Waals surface area contributed by atoms with Gasteiger partial charge in [-0.25, -0.2) is 4.98 Å². The first-order valence-electron chi connectivity index (χ1n) is 10.6. The van der Waals surface area contributed by atoms with Crippen LogP contribution in [0.2, 0.25) is 0 Å². The maximum absolute atomic E-state index is 13.2. The predicted octanol–water partition coefficient (Wildman–Crippen LogP) is 2.71. The molecule has 0 atom stereocenters. The van der Waals surface area contributed by atoms with Crippen LogP contribution < -0.4 is 15.6 Å². The lowest BCUT2D eigenvalue weighted by atomic mass is 10.0. The molecule has 3 aromatic heterocycles. The van der Waals surface area contributed by atoms with Gasteiger partial charge in [-0.2, -0.15) is 0 Å². The van der Waals surface area contributed by atoms with Crippen LogP contribution in [-0.2, 0) is 17.8 Å². The highest BCUT2D eigenvalue weighted by Gasteiger charge is 2.24. The van der Waals surface area contributed by atoms with Crippen LogP contribution in [-0.4, -0.2) is 40.8 Å². The van der Waals surface area contributed by atoms with Gasteiger partial charge in [0.1, 0.15) is 11.4 Å². The van der Waals surface area contributed by atoms with Crippen molar-refractivity contribution in [2.75, 3.05) is 20.3 Å². The Labute approximate surface area is 180 Å². The van der Waals surface area contributed by atoms with Crippen molar-refractivity contribution >= 4 is 16.9 Å². The van der Waals surface area contributed by atoms with E-state index in [1.165, 1.54) is 7.11 Å². The molecule has 2 N–H and O–H groups in total. The number of aryl methyl sites for hydroxylation is 1. The molecule has 0 spiro atoms. The van der Waals surface area contributed by atoms with Gasteiger partial charge in [-0.1, -0.05) is 0 Å². The first-order valence-corrected chi connectivity index (χ1v) is 10.6. The van der Waals surface area contributed by atoms with E-state index in [1.807, 2.05) is 19.1 Å². The minimum Gasteiger partial charge on any atom is -0.496 e. The van der Waals surface area contributed by atoms with Crippen molar-refractivity contribution in [3.05, 3.63) is 57.3 Å². The maximum Gasteiger partial charge on any atom is 0.256 e. The number of ether oxygens (including phenoxy) is 2. The van der Waals surface area contributed by atoms with Crippen molar-refractivity contribution in [1.29, 1.82) is 0 Å². The Balaban J connectivity index is 1.63. The van der Waals surface area contributed by atoms with Crippen molar-refractivity contribution in [3.63, 3.8) is 0 Å². The number of H-pyrrole nitrogens is 1. The zero-order valence-corrected chi connectivity index (χ0v) is 18.2. The normalized spacial score (nSPS) is 14.7. The molecular formula is C23H28N4O4. The van der Waals surface area contributed by atoms with Crippen molar-refractivity contribution in [2.45, 2.75) is 39.8 Å². The van der Waals surface area contributed by atoms with E-state index in [1.54, 1.807) is 19.2 Å². The van der Waals surface area contributed by atoms with E-state index in [0.29, 0.717) is 28.5 Å². The minimum absolute atomic E-state index is 0.0734. The third kappa shape index (κ3) is 4.20. The third-order valence-corrected chi connectivity index (χ3v) is 5.96. The second-order valence-electron chi connectivity index (χ2n) is 8.01. The Morgan fingerprint density at radius 3 is 2.87 bits per heavy atom. The van der Waals surface area contributed by atoms with Gasteiger partial charge in [0, 0.05) is 42.7 Å². The number of hydrogen-bond donors (Lipinski definition) is 2. The summed E-state index contributed by atoms with van der Waals surface area (Å²) in [5.41, 5.74) is 3.11. The number of methoxy groups -OCH3 is 1. The largest absolute Gasteiger partial charge is 0.496 e. The van der Waals surface area contributed by atoms with Gasteiger partial charge in [-0.15, -0.1) is 0 Å². The molecule has 0 saturated carbocycles. The highest BCUT2D eigenvalue weighted by atomic mass is 16.5. The fourth-order valence-corrected chi connectivity index (χ4v) is 4.29. The standard InChI is InChI=1S/C23H28N4O4/c1-14-11-19(30-3)18(22(28)26-14)12-25-23(29)20-15(2)27(13-16-6-9-31-10-7-16)21-17(20)5-4-8-24-21/h4-5,8,11,16H,6-7,9-10,12-13H2,1-3H3,(H,25,29)(H,26,28). The lowest BCUT2D eigenvalue weighted by Crippen LogP contribution is -2.28. The van der Waals surface area contributed by atoms with E-state index in [0.717, 1.165) is 49.3 Å². The van der Waals surface area contributed by atoms with Gasteiger partial charge in [0.25, 0.3) is 11.5 Å². The zero-order valence-electron chi connectivity index (χ0n) is 18.2. The summed E-state index contributed by atoms with van der Waals surface area (Å²) in [5, 5.41) is 3.71. The smallest absolute Gasteiger partial charge is 0.256 e. The number of carbonyl (C=O) groups is 1. The SMILES string of the molecule is COc1cc(C)[nH]c(=O)c1CNC(=O)c1c(C)n(CC2CCOCC2)c2ncccc12. The van der Waals surface area contributed by atoms with E-state index in [2.05, 4.69) is 19.9 Å². The van der Waals surface area contributed by atoms with Crippen molar-refractivity contribution in [1.82, 2.24) is 19.9 Å². The molecular weight excluding hydrogens is 396 g/mol. The van der Waals surface area contributed by atoms with Crippen molar-refractivity contribution < 1.29 is 14.3 Å². The molecule has 1 fully saturated rings. The van der Waals surface area contributed by atoms with Gasteiger partial charge in [0.15, 0.2) is 0 Å². The number of aromatic amines is 1. The Bertz CT molecular complexity index is 1160. The van der Waals surface area contributed by atoms with Gasteiger partial charge < -0.3 is 24.3 Å². The van der Waals surface area contributed by atoms with Crippen LogP contribution in [0.15, 0.2) is 29.2 Å². The van der Waals surface area contributed by atoms with Crippen LogP contribution in [0.5, 0.6) is 5.75 Å². The fourth-order valence-electron chi connectivity index (χ4n) is 4.29. The van der Waals surface area contributed by atoms with Gasteiger partial charge in [0.2, 0.25) is 0 Å². The molecule has 8 heteroatoms. The lowest BCUT2D eigenvalue weighted by molar-refractivity contribution is 0.0614. The molecule has 4 rings (SSSR count). The van der Waals surface area contributed by atoms with Crippen LogP contribution in [0, 0.1) is 19.8 Å². The lowest BCUT2D eigenvalue weighted by Gasteiger charge is -2.23. The third-order valence-electron chi connectivity index (χ3n) is 5.96. The number of fused-ring (bicyclic) bond motifs is 1. The Kier molecular flexibility index (Phi) is 6.08. The molecule has 31 heavy (non-hydrogen) atoms. The Morgan fingerprint density at radius 1 is 1.35 bits per heavy atom. The van der Waals surface area contributed by atoms with Gasteiger partial charge >= 0.3 is 0 Å². The molecule has 1 aliphatic rings. The summed E-state index contributed by atoms with van der Waals surface area (Å²) < 4.78 is 13.0. The molecule has 0 unspecified atom stereocenters. The fraction of sp³-hybridized carbons (Fsp3) is 0.435. The van der Waals surface area contributed by atoms with Gasteiger partial charge in [-0.05, 0) is 50.8 Å². The topological polar surface area (TPSA) is 98.2 Å². The summed E-state index contributed by atoms with van der Waals surface area (Å²) in [4.78, 5) is 32.9. The number of nitrogens with zero attached hydrogens (tertiary/aromatic N) is 2.